The van der Waals surface area contributed by atoms with Crippen LogP contribution in [0.3, 0.4) is 0 Å². The molecule has 0 aliphatic heterocycles. The van der Waals surface area contributed by atoms with E-state index in [0.717, 1.165) is 11.5 Å². The Bertz CT molecular complexity index is 365. The van der Waals surface area contributed by atoms with Crippen LogP contribution in [0.4, 0.5) is 0 Å². The molecule has 60 valence electrons. The number of pyridine rings is 1. The second kappa shape index (κ2) is 2.77. The highest BCUT2D eigenvalue weighted by atomic mass is 15.3. The summed E-state index contributed by atoms with van der Waals surface area (Å²) in [6.07, 6.45) is 3.62. The van der Waals surface area contributed by atoms with Crippen LogP contribution in [0.15, 0.2) is 36.7 Å². The first-order valence-electron chi connectivity index (χ1n) is 3.80. The normalized spacial score (nSPS) is 10.1. The van der Waals surface area contributed by atoms with E-state index < -0.39 is 0 Å². The van der Waals surface area contributed by atoms with Crippen LogP contribution in [-0.4, -0.2) is 14.8 Å². The van der Waals surface area contributed by atoms with E-state index in [4.69, 9.17) is 0 Å². The average Bonchev–Trinajstić information content (AvgIpc) is 2.56. The van der Waals surface area contributed by atoms with Crippen LogP contribution in [0.5, 0.6) is 0 Å². The van der Waals surface area contributed by atoms with E-state index in [-0.39, 0.29) is 0 Å². The van der Waals surface area contributed by atoms with Gasteiger partial charge in [-0.25, -0.2) is 9.67 Å². The van der Waals surface area contributed by atoms with Crippen molar-refractivity contribution >= 4 is 0 Å². The first-order valence-corrected chi connectivity index (χ1v) is 3.80. The minimum atomic E-state index is 0.861. The Balaban J connectivity index is 2.48. The second-order valence-electron chi connectivity index (χ2n) is 2.59. The third kappa shape index (κ3) is 1.21. The van der Waals surface area contributed by atoms with Gasteiger partial charge in [-0.05, 0) is 25.1 Å². The molecular formula is C9H9N3. The summed E-state index contributed by atoms with van der Waals surface area (Å²) in [5.74, 6) is 0.861. The molecule has 0 unspecified atom stereocenters. The van der Waals surface area contributed by atoms with Crippen molar-refractivity contribution in [2.75, 3.05) is 0 Å². The van der Waals surface area contributed by atoms with Crippen LogP contribution in [0, 0.1) is 6.92 Å². The summed E-state index contributed by atoms with van der Waals surface area (Å²) in [6.45, 7) is 1.97. The molecule has 0 spiro atoms. The summed E-state index contributed by atoms with van der Waals surface area (Å²) in [7, 11) is 0. The highest BCUT2D eigenvalue weighted by molar-refractivity contribution is 5.22. The van der Waals surface area contributed by atoms with E-state index in [2.05, 4.69) is 10.1 Å². The van der Waals surface area contributed by atoms with Crippen LogP contribution in [0.1, 0.15) is 5.69 Å². The van der Waals surface area contributed by atoms with E-state index in [1.54, 1.807) is 10.9 Å². The van der Waals surface area contributed by atoms with Crippen LogP contribution < -0.4 is 0 Å². The monoisotopic (exact) mass is 159 g/mol. The molecule has 2 rings (SSSR count). The van der Waals surface area contributed by atoms with Gasteiger partial charge in [0.25, 0.3) is 0 Å². The van der Waals surface area contributed by atoms with Gasteiger partial charge in [0.1, 0.15) is 0 Å². The summed E-state index contributed by atoms with van der Waals surface area (Å²) >= 11 is 0. The van der Waals surface area contributed by atoms with Gasteiger partial charge in [-0.1, -0.05) is 6.07 Å². The zero-order chi connectivity index (χ0) is 8.39. The number of aromatic nitrogens is 3. The van der Waals surface area contributed by atoms with Crippen molar-refractivity contribution in [2.24, 2.45) is 0 Å². The molecule has 3 nitrogen and oxygen atoms in total. The first kappa shape index (κ1) is 7.03. The van der Waals surface area contributed by atoms with Gasteiger partial charge in [-0.15, -0.1) is 0 Å². The molecule has 2 aromatic heterocycles. The van der Waals surface area contributed by atoms with Gasteiger partial charge in [0.15, 0.2) is 5.82 Å². The number of rotatable bonds is 1. The molecule has 2 aromatic rings. The maximum absolute atomic E-state index is 4.32. The molecule has 12 heavy (non-hydrogen) atoms. The fraction of sp³-hybridized carbons (Fsp3) is 0.111. The summed E-state index contributed by atoms with van der Waals surface area (Å²) in [5, 5.41) is 4.08. The van der Waals surface area contributed by atoms with Gasteiger partial charge in [-0.3, -0.25) is 0 Å². The second-order valence-corrected chi connectivity index (χ2v) is 2.59. The maximum atomic E-state index is 4.32. The van der Waals surface area contributed by atoms with E-state index in [0.29, 0.717) is 0 Å². The Morgan fingerprint density at radius 1 is 1.25 bits per heavy atom. The van der Waals surface area contributed by atoms with Crippen LogP contribution >= 0.6 is 0 Å². The Morgan fingerprint density at radius 3 is 2.83 bits per heavy atom. The zero-order valence-electron chi connectivity index (χ0n) is 6.81. The molecule has 3 heteroatoms. The topological polar surface area (TPSA) is 30.7 Å². The van der Waals surface area contributed by atoms with Crippen LogP contribution in [-0.2, 0) is 0 Å². The summed E-state index contributed by atoms with van der Waals surface area (Å²) in [6, 6.07) is 7.75. The Hall–Kier alpha value is -1.64. The minimum absolute atomic E-state index is 0.861. The van der Waals surface area contributed by atoms with Crippen molar-refractivity contribution in [3.63, 3.8) is 0 Å². The van der Waals surface area contributed by atoms with E-state index in [1.165, 1.54) is 0 Å². The van der Waals surface area contributed by atoms with Gasteiger partial charge >= 0.3 is 0 Å². The molecule has 0 atom stereocenters. The molecule has 0 saturated heterocycles. The highest BCUT2D eigenvalue weighted by Gasteiger charge is 1.95. The molecule has 0 saturated carbocycles. The summed E-state index contributed by atoms with van der Waals surface area (Å²) in [5.41, 5.74) is 1.00. The molecule has 0 aromatic carbocycles. The highest BCUT2D eigenvalue weighted by Crippen LogP contribution is 2.02. The Morgan fingerprint density at radius 2 is 2.17 bits per heavy atom. The summed E-state index contributed by atoms with van der Waals surface area (Å²) < 4.78 is 1.74. The SMILES string of the molecule is Cc1cccc(-n2cccn2)n1. The third-order valence-corrected chi connectivity index (χ3v) is 1.61. The molecule has 0 radical (unpaired) electrons. The van der Waals surface area contributed by atoms with E-state index in [9.17, 15) is 0 Å². The molecule has 0 bridgehead atoms. The molecule has 0 fully saturated rings. The smallest absolute Gasteiger partial charge is 0.153 e. The van der Waals surface area contributed by atoms with Crippen molar-refractivity contribution in [3.05, 3.63) is 42.4 Å². The number of hydrogen-bond acceptors (Lipinski definition) is 2. The predicted octanol–water partition coefficient (Wildman–Crippen LogP) is 1.58. The van der Waals surface area contributed by atoms with Gasteiger partial charge in [0, 0.05) is 18.1 Å². The largest absolute Gasteiger partial charge is 0.234 e. The van der Waals surface area contributed by atoms with Crippen molar-refractivity contribution in [1.29, 1.82) is 0 Å². The quantitative estimate of drug-likeness (QED) is 0.632. The van der Waals surface area contributed by atoms with Gasteiger partial charge in [-0.2, -0.15) is 5.10 Å². The van der Waals surface area contributed by atoms with Crippen molar-refractivity contribution in [3.8, 4) is 5.82 Å². The third-order valence-electron chi connectivity index (χ3n) is 1.61. The van der Waals surface area contributed by atoms with E-state index >= 15 is 0 Å². The standard InChI is InChI=1S/C9H9N3/c1-8-4-2-5-9(11-8)12-7-3-6-10-12/h2-7H,1H3. The van der Waals surface area contributed by atoms with Crippen LogP contribution in [0.25, 0.3) is 5.82 Å². The first-order chi connectivity index (χ1) is 5.86. The molecular weight excluding hydrogens is 150 g/mol. The predicted molar refractivity (Wildman–Crippen MR) is 46.1 cm³/mol. The lowest BCUT2D eigenvalue weighted by Crippen LogP contribution is -1.97. The minimum Gasteiger partial charge on any atom is -0.234 e. The van der Waals surface area contributed by atoms with Gasteiger partial charge in [0.2, 0.25) is 0 Å². The van der Waals surface area contributed by atoms with Crippen molar-refractivity contribution in [1.82, 2.24) is 14.8 Å². The van der Waals surface area contributed by atoms with Gasteiger partial charge < -0.3 is 0 Å². The molecule has 0 N–H and O–H groups in total. The average molecular weight is 159 g/mol. The molecule has 0 amide bonds. The fourth-order valence-electron chi connectivity index (χ4n) is 1.06. The number of hydrogen-bond donors (Lipinski definition) is 0. The molecule has 0 aliphatic carbocycles. The fourth-order valence-corrected chi connectivity index (χ4v) is 1.06. The summed E-state index contributed by atoms with van der Waals surface area (Å²) in [4.78, 5) is 4.32. The van der Waals surface area contributed by atoms with E-state index in [1.807, 2.05) is 37.4 Å². The van der Waals surface area contributed by atoms with Crippen LogP contribution in [0.2, 0.25) is 0 Å². The Labute approximate surface area is 70.7 Å². The molecule has 0 aliphatic rings. The number of nitrogens with zero attached hydrogens (tertiary/aromatic N) is 3. The zero-order valence-corrected chi connectivity index (χ0v) is 6.81. The lowest BCUT2D eigenvalue weighted by Gasteiger charge is -1.99. The number of aryl methyl sites for hydroxylation is 1. The van der Waals surface area contributed by atoms with Gasteiger partial charge in [0.05, 0.1) is 0 Å². The Kier molecular flexibility index (Phi) is 1.63. The lowest BCUT2D eigenvalue weighted by atomic mass is 10.4. The van der Waals surface area contributed by atoms with Crippen molar-refractivity contribution < 1.29 is 0 Å². The maximum Gasteiger partial charge on any atom is 0.153 e. The molecule has 2 heterocycles. The van der Waals surface area contributed by atoms with Crippen molar-refractivity contribution in [2.45, 2.75) is 6.92 Å². The lowest BCUT2D eigenvalue weighted by molar-refractivity contribution is 0.841.